The molecule has 0 radical (unpaired) electrons. The van der Waals surface area contributed by atoms with Gasteiger partial charge in [0.25, 0.3) is 5.91 Å². The van der Waals surface area contributed by atoms with E-state index >= 15 is 0 Å². The van der Waals surface area contributed by atoms with Crippen LogP contribution in [-0.2, 0) is 16.0 Å². The molecule has 1 heterocycles. The molecule has 0 atom stereocenters. The molecule has 0 spiro atoms. The van der Waals surface area contributed by atoms with Crippen molar-refractivity contribution in [2.75, 3.05) is 11.9 Å². The molecule has 116 valence electrons. The van der Waals surface area contributed by atoms with Crippen LogP contribution < -0.4 is 5.32 Å². The van der Waals surface area contributed by atoms with Crippen LogP contribution in [0.4, 0.5) is 10.1 Å². The first kappa shape index (κ1) is 16.3. The highest BCUT2D eigenvalue weighted by Crippen LogP contribution is 2.22. The number of benzene rings is 1. The fraction of sp³-hybridized carbons (Fsp3) is 0.231. The number of hydrogen-bond acceptors (Lipinski definition) is 6. The number of hydrogen-bond donors (Lipinski definition) is 1. The van der Waals surface area contributed by atoms with Gasteiger partial charge in [-0.25, -0.2) is 9.18 Å². The second-order valence-electron chi connectivity index (χ2n) is 4.15. The van der Waals surface area contributed by atoms with E-state index in [1.807, 2.05) is 6.92 Å². The Kier molecular flexibility index (Phi) is 5.40. The van der Waals surface area contributed by atoms with Gasteiger partial charge >= 0.3 is 5.97 Å². The average molecular weight is 344 g/mol. The zero-order valence-corrected chi connectivity index (χ0v) is 13.0. The minimum Gasteiger partial charge on any atom is -0.451 e. The molecule has 0 saturated heterocycles. The second-order valence-corrected chi connectivity index (χ2v) is 5.31. The normalized spacial score (nSPS) is 10.3. The summed E-state index contributed by atoms with van der Waals surface area (Å²) in [6.45, 7) is 1.34. The van der Waals surface area contributed by atoms with Crippen LogP contribution in [0.1, 0.15) is 22.3 Å². The quantitative estimate of drug-likeness (QED) is 0.844. The number of carbonyl (C=O) groups is 2. The standard InChI is InChI=1S/C13H11ClFN3O3S/c1-2-9-12(22-18-17-9)13(20)21-6-11(19)16-10-4-3-7(15)5-8(10)14/h3-5H,2,6H2,1H3,(H,16,19). The van der Waals surface area contributed by atoms with Crippen LogP contribution in [0.3, 0.4) is 0 Å². The third kappa shape index (κ3) is 3.99. The minimum absolute atomic E-state index is 0.0552. The number of esters is 1. The van der Waals surface area contributed by atoms with Crippen LogP contribution in [0.5, 0.6) is 0 Å². The van der Waals surface area contributed by atoms with Crippen LogP contribution in [0.15, 0.2) is 18.2 Å². The first-order valence-electron chi connectivity index (χ1n) is 6.24. The van der Waals surface area contributed by atoms with Crippen molar-refractivity contribution in [3.63, 3.8) is 0 Å². The molecular weight excluding hydrogens is 333 g/mol. The molecule has 1 aromatic heterocycles. The monoisotopic (exact) mass is 343 g/mol. The number of carbonyl (C=O) groups excluding carboxylic acids is 2. The molecule has 0 aliphatic rings. The molecule has 22 heavy (non-hydrogen) atoms. The number of ether oxygens (including phenoxy) is 1. The Morgan fingerprint density at radius 2 is 2.23 bits per heavy atom. The molecule has 0 bridgehead atoms. The van der Waals surface area contributed by atoms with E-state index in [0.29, 0.717) is 12.1 Å². The van der Waals surface area contributed by atoms with Gasteiger partial charge in [-0.2, -0.15) is 0 Å². The maximum atomic E-state index is 12.9. The second kappa shape index (κ2) is 7.28. The Morgan fingerprint density at radius 3 is 2.91 bits per heavy atom. The van der Waals surface area contributed by atoms with Crippen LogP contribution in [0, 0.1) is 5.82 Å². The molecule has 0 aliphatic carbocycles. The smallest absolute Gasteiger partial charge is 0.352 e. The maximum absolute atomic E-state index is 12.9. The van der Waals surface area contributed by atoms with Gasteiger partial charge in [-0.05, 0) is 36.2 Å². The molecule has 0 saturated carbocycles. The average Bonchev–Trinajstić information content (AvgIpc) is 2.96. The van der Waals surface area contributed by atoms with Crippen LogP contribution in [-0.4, -0.2) is 28.1 Å². The summed E-state index contributed by atoms with van der Waals surface area (Å²) < 4.78 is 21.4. The summed E-state index contributed by atoms with van der Waals surface area (Å²) in [5.74, 6) is -1.76. The molecule has 0 unspecified atom stereocenters. The van der Waals surface area contributed by atoms with E-state index in [1.54, 1.807) is 0 Å². The van der Waals surface area contributed by atoms with Crippen molar-refractivity contribution in [2.24, 2.45) is 0 Å². The highest BCUT2D eigenvalue weighted by molar-refractivity contribution is 7.07. The fourth-order valence-corrected chi connectivity index (χ4v) is 2.43. The van der Waals surface area contributed by atoms with Gasteiger partial charge in [0.1, 0.15) is 5.82 Å². The number of aryl methyl sites for hydroxylation is 1. The van der Waals surface area contributed by atoms with Gasteiger partial charge in [0.15, 0.2) is 11.5 Å². The van der Waals surface area contributed by atoms with E-state index in [4.69, 9.17) is 16.3 Å². The van der Waals surface area contributed by atoms with Crippen molar-refractivity contribution in [1.82, 2.24) is 9.59 Å². The lowest BCUT2D eigenvalue weighted by molar-refractivity contribution is -0.119. The molecule has 1 N–H and O–H groups in total. The summed E-state index contributed by atoms with van der Waals surface area (Å²) in [5, 5.41) is 6.26. The van der Waals surface area contributed by atoms with E-state index in [0.717, 1.165) is 23.7 Å². The molecule has 0 fully saturated rings. The summed E-state index contributed by atoms with van der Waals surface area (Å²) in [6.07, 6.45) is 0.540. The number of nitrogens with one attached hydrogen (secondary N) is 1. The Hall–Kier alpha value is -2.06. The van der Waals surface area contributed by atoms with Gasteiger partial charge in [-0.1, -0.05) is 23.0 Å². The van der Waals surface area contributed by atoms with Gasteiger partial charge in [-0.15, -0.1) is 5.10 Å². The van der Waals surface area contributed by atoms with Crippen LogP contribution in [0.2, 0.25) is 5.02 Å². The first-order chi connectivity index (χ1) is 10.5. The van der Waals surface area contributed by atoms with Crippen molar-refractivity contribution in [3.8, 4) is 0 Å². The zero-order valence-electron chi connectivity index (χ0n) is 11.4. The number of aromatic nitrogens is 2. The first-order valence-corrected chi connectivity index (χ1v) is 7.39. The van der Waals surface area contributed by atoms with Crippen molar-refractivity contribution >= 4 is 40.7 Å². The molecule has 1 aromatic carbocycles. The highest BCUT2D eigenvalue weighted by Gasteiger charge is 2.18. The van der Waals surface area contributed by atoms with Crippen LogP contribution >= 0.6 is 23.1 Å². The predicted octanol–water partition coefficient (Wildman–Crippen LogP) is 2.69. The van der Waals surface area contributed by atoms with Gasteiger partial charge in [0.05, 0.1) is 16.4 Å². The largest absolute Gasteiger partial charge is 0.451 e. The van der Waals surface area contributed by atoms with E-state index in [1.165, 1.54) is 6.07 Å². The summed E-state index contributed by atoms with van der Waals surface area (Å²) >= 11 is 6.69. The lowest BCUT2D eigenvalue weighted by Crippen LogP contribution is -2.21. The van der Waals surface area contributed by atoms with E-state index in [9.17, 15) is 14.0 Å². The maximum Gasteiger partial charge on any atom is 0.352 e. The number of halogens is 2. The molecule has 1 amide bonds. The van der Waals surface area contributed by atoms with E-state index in [-0.39, 0.29) is 15.6 Å². The highest BCUT2D eigenvalue weighted by atomic mass is 35.5. The van der Waals surface area contributed by atoms with E-state index in [2.05, 4.69) is 14.9 Å². The summed E-state index contributed by atoms with van der Waals surface area (Å²) in [4.78, 5) is 23.8. The number of rotatable bonds is 5. The summed E-state index contributed by atoms with van der Waals surface area (Å²) in [6, 6.07) is 3.55. The Bertz CT molecular complexity index is 708. The van der Waals surface area contributed by atoms with Gasteiger partial charge in [-0.3, -0.25) is 4.79 Å². The molecule has 0 aliphatic heterocycles. The zero-order chi connectivity index (χ0) is 16.1. The number of nitrogens with zero attached hydrogens (tertiary/aromatic N) is 2. The van der Waals surface area contributed by atoms with Crippen molar-refractivity contribution in [1.29, 1.82) is 0 Å². The summed E-state index contributed by atoms with van der Waals surface area (Å²) in [5.41, 5.74) is 0.759. The molecule has 2 rings (SSSR count). The number of anilines is 1. The molecule has 9 heteroatoms. The molecule has 6 nitrogen and oxygen atoms in total. The predicted molar refractivity (Wildman–Crippen MR) is 79.6 cm³/mol. The SMILES string of the molecule is CCc1nnsc1C(=O)OCC(=O)Nc1ccc(F)cc1Cl. The van der Waals surface area contributed by atoms with Crippen molar-refractivity contribution < 1.29 is 18.7 Å². The van der Waals surface area contributed by atoms with Crippen molar-refractivity contribution in [3.05, 3.63) is 39.6 Å². The molecule has 2 aromatic rings. The topological polar surface area (TPSA) is 81.2 Å². The van der Waals surface area contributed by atoms with Gasteiger partial charge in [0.2, 0.25) is 0 Å². The van der Waals surface area contributed by atoms with Crippen LogP contribution in [0.25, 0.3) is 0 Å². The fourth-order valence-electron chi connectivity index (χ4n) is 1.57. The summed E-state index contributed by atoms with van der Waals surface area (Å²) in [7, 11) is 0. The van der Waals surface area contributed by atoms with Gasteiger partial charge < -0.3 is 10.1 Å². The lowest BCUT2D eigenvalue weighted by Gasteiger charge is -2.07. The third-order valence-electron chi connectivity index (χ3n) is 2.62. The van der Waals surface area contributed by atoms with Crippen molar-refractivity contribution in [2.45, 2.75) is 13.3 Å². The minimum atomic E-state index is -0.660. The Labute approximate surface area is 134 Å². The Morgan fingerprint density at radius 1 is 1.45 bits per heavy atom. The Balaban J connectivity index is 1.91. The number of amides is 1. The van der Waals surface area contributed by atoms with Gasteiger partial charge in [0, 0.05) is 0 Å². The molecular formula is C13H11ClFN3O3S. The lowest BCUT2D eigenvalue weighted by atomic mass is 10.3. The van der Waals surface area contributed by atoms with E-state index < -0.39 is 24.3 Å². The third-order valence-corrected chi connectivity index (χ3v) is 3.68.